The molecule has 1 aliphatic rings. The van der Waals surface area contributed by atoms with E-state index in [1.165, 1.54) is 11.3 Å². The molecule has 1 N–H and O–H groups in total. The largest absolute Gasteiger partial charge is 0.381 e. The molecule has 0 radical (unpaired) electrons. The van der Waals surface area contributed by atoms with Crippen LogP contribution in [0.2, 0.25) is 0 Å². The molecule has 0 spiro atoms. The van der Waals surface area contributed by atoms with Gasteiger partial charge in [0, 0.05) is 18.6 Å². The summed E-state index contributed by atoms with van der Waals surface area (Å²) >= 11 is 1.43. The molecule has 0 aliphatic carbocycles. The topological polar surface area (TPSA) is 90.1 Å². The first kappa shape index (κ1) is 14.2. The van der Waals surface area contributed by atoms with E-state index in [1.807, 2.05) is 5.38 Å². The van der Waals surface area contributed by atoms with Crippen molar-refractivity contribution in [1.29, 1.82) is 0 Å². The van der Waals surface area contributed by atoms with Gasteiger partial charge in [0.2, 0.25) is 5.91 Å². The van der Waals surface area contributed by atoms with Crippen LogP contribution in [-0.4, -0.2) is 34.4 Å². The minimum absolute atomic E-state index is 0.140. The second-order valence-corrected chi connectivity index (χ2v) is 5.96. The third-order valence-electron chi connectivity index (χ3n) is 3.39. The molecule has 1 amide bonds. The zero-order valence-corrected chi connectivity index (χ0v) is 12.5. The molecule has 8 heteroatoms. The highest BCUT2D eigenvalue weighted by atomic mass is 32.1. The molecule has 3 rings (SSSR count). The number of nitrogens with zero attached hydrogens (tertiary/aromatic N) is 3. The Balaban J connectivity index is 1.54. The molecule has 112 valence electrons. The van der Waals surface area contributed by atoms with Crippen LogP contribution in [-0.2, 0) is 22.4 Å². The molecule has 0 saturated carbocycles. The van der Waals surface area contributed by atoms with Gasteiger partial charge in [-0.05, 0) is 25.7 Å². The Morgan fingerprint density at radius 3 is 3.14 bits per heavy atom. The maximum Gasteiger partial charge on any atom is 0.232 e. The lowest BCUT2D eigenvalue weighted by molar-refractivity contribution is -0.115. The number of aromatic nitrogens is 3. The average molecular weight is 308 g/mol. The number of hydrogen-bond acceptors (Lipinski definition) is 7. The van der Waals surface area contributed by atoms with Crippen molar-refractivity contribution < 1.29 is 14.2 Å². The number of thiazole rings is 1. The number of aryl methyl sites for hydroxylation is 1. The van der Waals surface area contributed by atoms with Gasteiger partial charge in [-0.25, -0.2) is 9.61 Å². The van der Waals surface area contributed by atoms with Crippen LogP contribution in [0.5, 0.6) is 0 Å². The van der Waals surface area contributed by atoms with Gasteiger partial charge in [0.25, 0.3) is 0 Å². The van der Waals surface area contributed by atoms with Crippen LogP contribution >= 0.6 is 11.3 Å². The van der Waals surface area contributed by atoms with Crippen LogP contribution in [0, 0.1) is 12.8 Å². The first-order valence-electron chi connectivity index (χ1n) is 6.80. The predicted molar refractivity (Wildman–Crippen MR) is 76.1 cm³/mol. The van der Waals surface area contributed by atoms with Crippen LogP contribution in [0.25, 0.3) is 0 Å². The summed E-state index contributed by atoms with van der Waals surface area (Å²) in [5.74, 6) is 0.374. The number of anilines is 1. The molecule has 3 heterocycles. The van der Waals surface area contributed by atoms with Gasteiger partial charge < -0.3 is 10.1 Å². The zero-order valence-electron chi connectivity index (χ0n) is 11.7. The molecule has 0 aromatic carbocycles. The maximum atomic E-state index is 11.9. The molecular weight excluding hydrogens is 292 g/mol. The van der Waals surface area contributed by atoms with E-state index in [-0.39, 0.29) is 12.3 Å². The number of nitrogens with one attached hydrogen (secondary N) is 1. The summed E-state index contributed by atoms with van der Waals surface area (Å²) in [6, 6.07) is 0. The van der Waals surface area contributed by atoms with Gasteiger partial charge >= 0.3 is 0 Å². The second kappa shape index (κ2) is 6.31. The summed E-state index contributed by atoms with van der Waals surface area (Å²) in [6.07, 6.45) is 2.12. The van der Waals surface area contributed by atoms with Crippen molar-refractivity contribution in [2.75, 3.05) is 18.5 Å². The highest BCUT2D eigenvalue weighted by Crippen LogP contribution is 2.22. The quantitative estimate of drug-likeness (QED) is 0.902. The Morgan fingerprint density at radius 2 is 2.43 bits per heavy atom. The highest BCUT2D eigenvalue weighted by molar-refractivity contribution is 7.13. The third kappa shape index (κ3) is 3.64. The molecular formula is C13H16N4O3S. The lowest BCUT2D eigenvalue weighted by Crippen LogP contribution is -2.15. The van der Waals surface area contributed by atoms with E-state index < -0.39 is 0 Å². The summed E-state index contributed by atoms with van der Waals surface area (Å²) in [5, 5.41) is 12.7. The van der Waals surface area contributed by atoms with Crippen molar-refractivity contribution >= 4 is 22.4 Å². The van der Waals surface area contributed by atoms with Crippen molar-refractivity contribution in [1.82, 2.24) is 15.3 Å². The predicted octanol–water partition coefficient (Wildman–Crippen LogP) is 1.59. The summed E-state index contributed by atoms with van der Waals surface area (Å²) in [7, 11) is 0. The van der Waals surface area contributed by atoms with Gasteiger partial charge in [-0.2, -0.15) is 0 Å². The average Bonchev–Trinajstić information content (AvgIpc) is 3.16. The summed E-state index contributed by atoms with van der Waals surface area (Å²) in [4.78, 5) is 16.3. The van der Waals surface area contributed by atoms with Gasteiger partial charge in [-0.3, -0.25) is 4.79 Å². The van der Waals surface area contributed by atoms with Crippen LogP contribution in [0.4, 0.5) is 5.13 Å². The molecule has 0 bridgehead atoms. The van der Waals surface area contributed by atoms with Crippen LogP contribution in [0.15, 0.2) is 10.0 Å². The van der Waals surface area contributed by atoms with Gasteiger partial charge in [0.1, 0.15) is 11.4 Å². The third-order valence-corrected chi connectivity index (χ3v) is 4.20. The number of hydrogen-bond donors (Lipinski definition) is 1. The number of carbonyl (C=O) groups excluding carboxylic acids is 1. The summed E-state index contributed by atoms with van der Waals surface area (Å²) < 4.78 is 9.92. The van der Waals surface area contributed by atoms with E-state index in [2.05, 4.69) is 25.2 Å². The smallest absolute Gasteiger partial charge is 0.232 e. The number of amides is 1. The molecule has 1 unspecified atom stereocenters. The Labute approximate surface area is 125 Å². The summed E-state index contributed by atoms with van der Waals surface area (Å²) in [5.41, 5.74) is 2.18. The number of rotatable bonds is 5. The van der Waals surface area contributed by atoms with E-state index in [9.17, 15) is 4.79 Å². The van der Waals surface area contributed by atoms with Crippen molar-refractivity contribution in [3.05, 3.63) is 22.5 Å². The van der Waals surface area contributed by atoms with Gasteiger partial charge in [-0.15, -0.1) is 11.3 Å². The van der Waals surface area contributed by atoms with Crippen molar-refractivity contribution in [2.24, 2.45) is 5.92 Å². The minimum atomic E-state index is -0.168. The molecule has 7 nitrogen and oxygen atoms in total. The van der Waals surface area contributed by atoms with Crippen molar-refractivity contribution in [2.45, 2.75) is 26.2 Å². The van der Waals surface area contributed by atoms with Gasteiger partial charge in [0.15, 0.2) is 5.13 Å². The van der Waals surface area contributed by atoms with E-state index in [1.54, 1.807) is 6.92 Å². The van der Waals surface area contributed by atoms with Crippen LogP contribution in [0.1, 0.15) is 23.5 Å². The molecule has 21 heavy (non-hydrogen) atoms. The Hall–Kier alpha value is -1.80. The lowest BCUT2D eigenvalue weighted by atomic mass is 10.0. The molecule has 2 aromatic rings. The molecule has 1 saturated heterocycles. The first-order valence-corrected chi connectivity index (χ1v) is 7.68. The monoisotopic (exact) mass is 308 g/mol. The Kier molecular flexibility index (Phi) is 4.26. The molecule has 1 fully saturated rings. The normalized spacial score (nSPS) is 18.0. The fourth-order valence-corrected chi connectivity index (χ4v) is 2.96. The Morgan fingerprint density at radius 1 is 1.52 bits per heavy atom. The molecule has 1 atom stereocenters. The zero-order chi connectivity index (χ0) is 14.7. The van der Waals surface area contributed by atoms with Crippen molar-refractivity contribution in [3.63, 3.8) is 0 Å². The number of carbonyl (C=O) groups is 1. The number of ether oxygens (including phenoxy) is 1. The first-order chi connectivity index (χ1) is 10.2. The van der Waals surface area contributed by atoms with Gasteiger partial charge in [0.05, 0.1) is 12.1 Å². The van der Waals surface area contributed by atoms with Crippen LogP contribution < -0.4 is 5.32 Å². The van der Waals surface area contributed by atoms with Crippen LogP contribution in [0.3, 0.4) is 0 Å². The van der Waals surface area contributed by atoms with Gasteiger partial charge in [-0.1, -0.05) is 10.3 Å². The standard InChI is InChI=1S/C13H16N4O3S/c1-8-11(17-20-16-8)5-12(18)15-13-14-10(7-21-13)4-9-2-3-19-6-9/h7,9H,2-6H2,1H3,(H,14,15,18). The van der Waals surface area contributed by atoms with E-state index in [4.69, 9.17) is 4.74 Å². The minimum Gasteiger partial charge on any atom is -0.381 e. The molecule has 1 aliphatic heterocycles. The van der Waals surface area contributed by atoms with E-state index in [0.717, 1.165) is 31.7 Å². The SMILES string of the molecule is Cc1nonc1CC(=O)Nc1nc(CC2CCOC2)cs1. The highest BCUT2D eigenvalue weighted by Gasteiger charge is 2.18. The lowest BCUT2D eigenvalue weighted by Gasteiger charge is -2.03. The van der Waals surface area contributed by atoms with E-state index >= 15 is 0 Å². The fourth-order valence-electron chi connectivity index (χ4n) is 2.22. The maximum absolute atomic E-state index is 11.9. The Bertz CT molecular complexity index is 618. The fraction of sp³-hybridized carbons (Fsp3) is 0.538. The second-order valence-electron chi connectivity index (χ2n) is 5.10. The molecule has 2 aromatic heterocycles. The summed E-state index contributed by atoms with van der Waals surface area (Å²) in [6.45, 7) is 3.39. The van der Waals surface area contributed by atoms with E-state index in [0.29, 0.717) is 22.4 Å². The van der Waals surface area contributed by atoms with Crippen molar-refractivity contribution in [3.8, 4) is 0 Å².